The molecule has 1 N–H and O–H groups in total. The molecule has 0 radical (unpaired) electrons. The van der Waals surface area contributed by atoms with Gasteiger partial charge in [-0.15, -0.1) is 0 Å². The van der Waals surface area contributed by atoms with Crippen molar-refractivity contribution in [2.24, 2.45) is 0 Å². The van der Waals surface area contributed by atoms with Gasteiger partial charge in [-0.3, -0.25) is 19.7 Å². The van der Waals surface area contributed by atoms with Crippen molar-refractivity contribution in [3.63, 3.8) is 0 Å². The second-order valence-electron chi connectivity index (χ2n) is 7.63. The molecule has 36 heavy (non-hydrogen) atoms. The highest BCUT2D eigenvalue weighted by Crippen LogP contribution is 2.28. The van der Waals surface area contributed by atoms with Crippen LogP contribution in [0, 0.1) is 15.9 Å². The molecule has 3 rings (SSSR count). The zero-order chi connectivity index (χ0) is 26.1. The van der Waals surface area contributed by atoms with Gasteiger partial charge in [0.1, 0.15) is 24.0 Å². The summed E-state index contributed by atoms with van der Waals surface area (Å²) in [7, 11) is 0. The van der Waals surface area contributed by atoms with Gasteiger partial charge in [0.15, 0.2) is 0 Å². The van der Waals surface area contributed by atoms with E-state index in [-0.39, 0.29) is 18.8 Å². The van der Waals surface area contributed by atoms with E-state index in [1.54, 1.807) is 43.3 Å². The summed E-state index contributed by atoms with van der Waals surface area (Å²) in [4.78, 5) is 48.6. The minimum atomic E-state index is -1.44. The van der Waals surface area contributed by atoms with E-state index in [0.717, 1.165) is 6.07 Å². The van der Waals surface area contributed by atoms with Crippen LogP contribution in [0.4, 0.5) is 10.1 Å². The van der Waals surface area contributed by atoms with Gasteiger partial charge < -0.3 is 14.8 Å². The summed E-state index contributed by atoms with van der Waals surface area (Å²) in [6.45, 7) is 1.55. The van der Waals surface area contributed by atoms with Crippen molar-refractivity contribution in [3.8, 4) is 11.1 Å². The zero-order valence-electron chi connectivity index (χ0n) is 19.3. The molecular formula is C26H23FN2O7. The smallest absolute Gasteiger partial charge is 0.329 e. The third kappa shape index (κ3) is 6.95. The normalized spacial score (nSPS) is 11.3. The first-order valence-corrected chi connectivity index (χ1v) is 11.0. The third-order valence-corrected chi connectivity index (χ3v) is 5.09. The number of hydrogen-bond acceptors (Lipinski definition) is 7. The van der Waals surface area contributed by atoms with Crippen molar-refractivity contribution < 1.29 is 33.2 Å². The third-order valence-electron chi connectivity index (χ3n) is 5.09. The van der Waals surface area contributed by atoms with Gasteiger partial charge in [-0.05, 0) is 41.8 Å². The standard InChI is InChI=1S/C26H23FN2O7/c1-2-35-24(30)15-22(26(32)36-16-17-7-4-3-5-8-17)28-25(31)21-12-11-19(14-23(21)29(33)34)18-9-6-10-20(27)13-18/h3-14,22H,2,15-16H2,1H3,(H,28,31)/t22-/m0/s1. The van der Waals surface area contributed by atoms with Gasteiger partial charge in [-0.1, -0.05) is 48.5 Å². The number of hydrogen-bond donors (Lipinski definition) is 1. The number of rotatable bonds is 10. The molecule has 3 aromatic carbocycles. The first-order valence-electron chi connectivity index (χ1n) is 11.0. The van der Waals surface area contributed by atoms with Gasteiger partial charge >= 0.3 is 11.9 Å². The average molecular weight is 494 g/mol. The lowest BCUT2D eigenvalue weighted by molar-refractivity contribution is -0.385. The minimum Gasteiger partial charge on any atom is -0.466 e. The summed E-state index contributed by atoms with van der Waals surface area (Å²) in [6.07, 6.45) is -0.525. The molecule has 0 spiro atoms. The van der Waals surface area contributed by atoms with Crippen LogP contribution in [0.5, 0.6) is 0 Å². The molecule has 0 heterocycles. The number of amides is 1. The van der Waals surface area contributed by atoms with Crippen LogP contribution in [-0.2, 0) is 25.7 Å². The Morgan fingerprint density at radius 2 is 1.69 bits per heavy atom. The molecule has 0 fully saturated rings. The molecule has 0 aliphatic rings. The highest BCUT2D eigenvalue weighted by atomic mass is 19.1. The Hall–Kier alpha value is -4.60. The molecule has 0 unspecified atom stereocenters. The second kappa shape index (κ2) is 12.2. The number of nitrogens with zero attached hydrogens (tertiary/aromatic N) is 1. The number of nitrogens with one attached hydrogen (secondary N) is 1. The van der Waals surface area contributed by atoms with Gasteiger partial charge in [0.05, 0.1) is 18.0 Å². The van der Waals surface area contributed by atoms with E-state index in [0.29, 0.717) is 16.7 Å². The van der Waals surface area contributed by atoms with Gasteiger partial charge in [-0.2, -0.15) is 0 Å². The molecule has 3 aromatic rings. The average Bonchev–Trinajstić information content (AvgIpc) is 2.87. The van der Waals surface area contributed by atoms with E-state index in [1.807, 2.05) is 0 Å². The van der Waals surface area contributed by atoms with Gasteiger partial charge in [0.25, 0.3) is 11.6 Å². The lowest BCUT2D eigenvalue weighted by Gasteiger charge is -2.17. The molecular weight excluding hydrogens is 471 g/mol. The molecule has 10 heteroatoms. The van der Waals surface area contributed by atoms with Gasteiger partial charge in [-0.25, -0.2) is 9.18 Å². The summed E-state index contributed by atoms with van der Waals surface area (Å²) in [5.41, 5.74) is 0.500. The number of ether oxygens (including phenoxy) is 2. The molecule has 9 nitrogen and oxygen atoms in total. The van der Waals surface area contributed by atoms with Crippen LogP contribution in [0.1, 0.15) is 29.3 Å². The fourth-order valence-corrected chi connectivity index (χ4v) is 3.37. The first kappa shape index (κ1) is 26.0. The molecule has 0 aliphatic carbocycles. The topological polar surface area (TPSA) is 125 Å². The van der Waals surface area contributed by atoms with E-state index in [9.17, 15) is 28.9 Å². The van der Waals surface area contributed by atoms with Crippen LogP contribution in [0.15, 0.2) is 72.8 Å². The number of carbonyl (C=O) groups is 3. The number of halogens is 1. The largest absolute Gasteiger partial charge is 0.466 e. The van der Waals surface area contributed by atoms with Crippen LogP contribution in [0.25, 0.3) is 11.1 Å². The Labute approximate surface area is 206 Å². The van der Waals surface area contributed by atoms with Crippen molar-refractivity contribution in [3.05, 3.63) is 99.9 Å². The predicted octanol–water partition coefficient (Wildman–Crippen LogP) is 4.20. The van der Waals surface area contributed by atoms with Crippen molar-refractivity contribution >= 4 is 23.5 Å². The van der Waals surface area contributed by atoms with Crippen molar-refractivity contribution in [2.45, 2.75) is 26.0 Å². The minimum absolute atomic E-state index is 0.0611. The summed E-state index contributed by atoms with van der Waals surface area (Å²) in [5, 5.41) is 14.0. The molecule has 0 saturated heterocycles. The molecule has 0 bridgehead atoms. The second-order valence-corrected chi connectivity index (χ2v) is 7.63. The van der Waals surface area contributed by atoms with Crippen LogP contribution in [-0.4, -0.2) is 35.4 Å². The van der Waals surface area contributed by atoms with Gasteiger partial charge in [0.2, 0.25) is 0 Å². The molecule has 1 atom stereocenters. The van der Waals surface area contributed by atoms with E-state index in [2.05, 4.69) is 5.32 Å². The summed E-state index contributed by atoms with van der Waals surface area (Å²) < 4.78 is 23.7. The lowest BCUT2D eigenvalue weighted by atomic mass is 10.0. The zero-order valence-corrected chi connectivity index (χ0v) is 19.3. The van der Waals surface area contributed by atoms with Crippen molar-refractivity contribution in [1.29, 1.82) is 0 Å². The maximum Gasteiger partial charge on any atom is 0.329 e. The highest BCUT2D eigenvalue weighted by Gasteiger charge is 2.29. The number of carbonyl (C=O) groups excluding carboxylic acids is 3. The van der Waals surface area contributed by atoms with Crippen molar-refractivity contribution in [2.75, 3.05) is 6.61 Å². The van der Waals surface area contributed by atoms with Gasteiger partial charge in [0, 0.05) is 6.07 Å². The molecule has 0 aliphatic heterocycles. The van der Waals surface area contributed by atoms with Crippen LogP contribution in [0.3, 0.4) is 0 Å². The molecule has 0 aromatic heterocycles. The Bertz CT molecular complexity index is 1260. The number of nitro groups is 1. The maximum atomic E-state index is 13.6. The molecule has 1 amide bonds. The van der Waals surface area contributed by atoms with Crippen LogP contribution < -0.4 is 5.32 Å². The van der Waals surface area contributed by atoms with E-state index < -0.39 is 46.7 Å². The maximum absolute atomic E-state index is 13.6. The first-order chi connectivity index (χ1) is 17.3. The summed E-state index contributed by atoms with van der Waals surface area (Å²) in [6, 6.07) is 16.6. The van der Waals surface area contributed by atoms with E-state index >= 15 is 0 Å². The van der Waals surface area contributed by atoms with Crippen LogP contribution in [0.2, 0.25) is 0 Å². The SMILES string of the molecule is CCOC(=O)C[C@H](NC(=O)c1ccc(-c2cccc(F)c2)cc1[N+](=O)[O-])C(=O)OCc1ccccc1. The quantitative estimate of drug-likeness (QED) is 0.254. The number of benzene rings is 3. The van der Waals surface area contributed by atoms with Crippen LogP contribution >= 0.6 is 0 Å². The fraction of sp³-hybridized carbons (Fsp3) is 0.192. The Morgan fingerprint density at radius 3 is 2.36 bits per heavy atom. The Kier molecular flexibility index (Phi) is 8.82. The summed E-state index contributed by atoms with van der Waals surface area (Å²) in [5.74, 6) is -3.14. The summed E-state index contributed by atoms with van der Waals surface area (Å²) >= 11 is 0. The Morgan fingerprint density at radius 1 is 0.972 bits per heavy atom. The van der Waals surface area contributed by atoms with Crippen molar-refractivity contribution in [1.82, 2.24) is 5.32 Å². The monoisotopic (exact) mass is 494 g/mol. The fourth-order valence-electron chi connectivity index (χ4n) is 3.37. The highest BCUT2D eigenvalue weighted by molar-refractivity contribution is 6.01. The molecule has 0 saturated carbocycles. The lowest BCUT2D eigenvalue weighted by Crippen LogP contribution is -2.43. The predicted molar refractivity (Wildman–Crippen MR) is 127 cm³/mol. The van der Waals surface area contributed by atoms with E-state index in [1.165, 1.54) is 30.3 Å². The number of nitro benzene ring substituents is 1. The number of esters is 2. The Balaban J connectivity index is 1.83. The molecule has 186 valence electrons. The van der Waals surface area contributed by atoms with E-state index in [4.69, 9.17) is 9.47 Å².